The third-order valence-corrected chi connectivity index (χ3v) is 7.87. The van der Waals surface area contributed by atoms with E-state index in [2.05, 4.69) is 20.3 Å². The number of piperazine rings is 1. The number of pyridine rings is 1. The minimum absolute atomic E-state index is 0.238. The molecular weight excluding hydrogens is 464 g/mol. The van der Waals surface area contributed by atoms with Crippen LogP contribution in [0, 0.1) is 6.92 Å². The number of aromatic nitrogens is 3. The fraction of sp³-hybridized carbons (Fsp3) is 0.240. The molecule has 35 heavy (non-hydrogen) atoms. The van der Waals surface area contributed by atoms with Gasteiger partial charge in [0.2, 0.25) is 16.0 Å². The number of rotatable bonds is 6. The van der Waals surface area contributed by atoms with E-state index in [1.54, 1.807) is 31.5 Å². The van der Waals surface area contributed by atoms with Crippen molar-refractivity contribution in [1.29, 1.82) is 0 Å². The Morgan fingerprint density at radius 3 is 2.43 bits per heavy atom. The number of nitrogens with one attached hydrogen (secondary N) is 1. The summed E-state index contributed by atoms with van der Waals surface area (Å²) in [4.78, 5) is 15.8. The van der Waals surface area contributed by atoms with E-state index in [0.29, 0.717) is 43.5 Å². The molecule has 1 aliphatic heterocycles. The molecule has 1 saturated heterocycles. The second kappa shape index (κ2) is 9.47. The zero-order valence-corrected chi connectivity index (χ0v) is 20.4. The van der Waals surface area contributed by atoms with Crippen molar-refractivity contribution in [3.05, 3.63) is 72.6 Å². The third-order valence-electron chi connectivity index (χ3n) is 5.94. The number of methoxy groups -OCH3 is 1. The molecule has 3 heterocycles. The Morgan fingerprint density at radius 2 is 1.69 bits per heavy atom. The lowest BCUT2D eigenvalue weighted by molar-refractivity contribution is 0.383. The first-order valence-electron chi connectivity index (χ1n) is 11.3. The van der Waals surface area contributed by atoms with Crippen LogP contribution in [0.1, 0.15) is 5.69 Å². The molecule has 2 aromatic carbocycles. The maximum atomic E-state index is 13.4. The van der Waals surface area contributed by atoms with Crippen molar-refractivity contribution < 1.29 is 13.2 Å². The molecule has 0 unspecified atom stereocenters. The number of benzene rings is 2. The normalized spacial score (nSPS) is 14.7. The second-order valence-electron chi connectivity index (χ2n) is 8.27. The number of hydrogen-bond donors (Lipinski definition) is 1. The lowest BCUT2D eigenvalue weighted by atomic mass is 10.2. The fourth-order valence-corrected chi connectivity index (χ4v) is 5.72. The number of fused-ring (bicyclic) bond motifs is 1. The van der Waals surface area contributed by atoms with E-state index in [0.717, 1.165) is 22.5 Å². The summed E-state index contributed by atoms with van der Waals surface area (Å²) in [7, 11) is -2.04. The van der Waals surface area contributed by atoms with E-state index in [4.69, 9.17) is 4.74 Å². The van der Waals surface area contributed by atoms with Gasteiger partial charge in [-0.05, 0) is 43.3 Å². The van der Waals surface area contributed by atoms with Crippen LogP contribution in [0.25, 0.3) is 10.9 Å². The number of ether oxygens (including phenoxy) is 1. The molecule has 0 saturated carbocycles. The lowest BCUT2D eigenvalue weighted by Crippen LogP contribution is -2.49. The molecule has 0 bridgehead atoms. The van der Waals surface area contributed by atoms with Gasteiger partial charge in [-0.2, -0.15) is 9.29 Å². The number of aryl methyl sites for hydroxylation is 1. The molecule has 0 amide bonds. The fourth-order valence-electron chi connectivity index (χ4n) is 4.13. The van der Waals surface area contributed by atoms with Gasteiger partial charge in [-0.3, -0.25) is 4.98 Å². The van der Waals surface area contributed by atoms with E-state index in [1.165, 1.54) is 4.31 Å². The van der Waals surface area contributed by atoms with Crippen LogP contribution in [0.4, 0.5) is 17.5 Å². The van der Waals surface area contributed by atoms with Crippen molar-refractivity contribution in [2.24, 2.45) is 0 Å². The summed E-state index contributed by atoms with van der Waals surface area (Å²) in [6.45, 7) is 3.57. The Balaban J connectivity index is 1.32. The summed E-state index contributed by atoms with van der Waals surface area (Å²) in [5.74, 6) is 2.03. The summed E-state index contributed by atoms with van der Waals surface area (Å²) in [6, 6.07) is 18.4. The Bertz CT molecular complexity index is 1450. The van der Waals surface area contributed by atoms with Gasteiger partial charge in [-0.1, -0.05) is 18.2 Å². The Kier molecular flexibility index (Phi) is 6.23. The summed E-state index contributed by atoms with van der Waals surface area (Å²) >= 11 is 0. The van der Waals surface area contributed by atoms with E-state index in [-0.39, 0.29) is 4.90 Å². The zero-order valence-electron chi connectivity index (χ0n) is 19.5. The zero-order chi connectivity index (χ0) is 24.4. The molecule has 1 aliphatic rings. The van der Waals surface area contributed by atoms with Gasteiger partial charge in [-0.15, -0.1) is 0 Å². The highest BCUT2D eigenvalue weighted by Crippen LogP contribution is 2.26. The van der Waals surface area contributed by atoms with Crippen molar-refractivity contribution in [3.63, 3.8) is 0 Å². The molecule has 9 nitrogen and oxygen atoms in total. The molecule has 1 N–H and O–H groups in total. The van der Waals surface area contributed by atoms with Crippen LogP contribution in [0.3, 0.4) is 0 Å². The standard InChI is InChI=1S/C25H26N6O3S/c1-18-17-23(28-20-8-10-21(34-2)11-9-20)29-25(27-18)30-13-15-31(16-14-30)35(32,33)22-7-3-5-19-6-4-12-26-24(19)22/h3-12,17H,13-16H2,1-2H3,(H,27,28,29). The molecule has 2 aromatic heterocycles. The molecule has 0 spiro atoms. The van der Waals surface area contributed by atoms with Crippen LogP contribution < -0.4 is 15.0 Å². The van der Waals surface area contributed by atoms with E-state index < -0.39 is 10.0 Å². The summed E-state index contributed by atoms with van der Waals surface area (Å²) in [6.07, 6.45) is 1.62. The number of sulfonamides is 1. The molecule has 5 rings (SSSR count). The Hall–Kier alpha value is -3.76. The third kappa shape index (κ3) is 4.75. The first-order chi connectivity index (χ1) is 16.9. The topological polar surface area (TPSA) is 101 Å². The summed E-state index contributed by atoms with van der Waals surface area (Å²) in [5.41, 5.74) is 2.20. The first kappa shape index (κ1) is 23.0. The van der Waals surface area contributed by atoms with Gasteiger partial charge < -0.3 is 15.0 Å². The smallest absolute Gasteiger partial charge is 0.245 e. The van der Waals surface area contributed by atoms with Gasteiger partial charge in [0.15, 0.2) is 0 Å². The lowest BCUT2D eigenvalue weighted by Gasteiger charge is -2.34. The van der Waals surface area contributed by atoms with Gasteiger partial charge in [-0.25, -0.2) is 13.4 Å². The number of hydrogen-bond acceptors (Lipinski definition) is 8. The van der Waals surface area contributed by atoms with Crippen LogP contribution >= 0.6 is 0 Å². The molecule has 1 fully saturated rings. The molecular formula is C25H26N6O3S. The average molecular weight is 491 g/mol. The van der Waals surface area contributed by atoms with Crippen LogP contribution in [-0.4, -0.2) is 61.0 Å². The largest absolute Gasteiger partial charge is 0.497 e. The minimum Gasteiger partial charge on any atom is -0.497 e. The molecule has 4 aromatic rings. The van der Waals surface area contributed by atoms with E-state index >= 15 is 0 Å². The molecule has 0 radical (unpaired) electrons. The van der Waals surface area contributed by atoms with Crippen molar-refractivity contribution >= 4 is 38.4 Å². The SMILES string of the molecule is COc1ccc(Nc2cc(C)nc(N3CCN(S(=O)(=O)c4cccc5cccnc45)CC3)n2)cc1. The van der Waals surface area contributed by atoms with Gasteiger partial charge in [0.25, 0.3) is 0 Å². The Labute approximate surface area is 204 Å². The van der Waals surface area contributed by atoms with E-state index in [1.807, 2.05) is 54.3 Å². The van der Waals surface area contributed by atoms with Gasteiger partial charge >= 0.3 is 0 Å². The van der Waals surface area contributed by atoms with Gasteiger partial charge in [0, 0.05) is 55.2 Å². The van der Waals surface area contributed by atoms with Crippen molar-refractivity contribution in [3.8, 4) is 5.75 Å². The second-order valence-corrected chi connectivity index (χ2v) is 10.2. The highest BCUT2D eigenvalue weighted by molar-refractivity contribution is 7.89. The minimum atomic E-state index is -3.68. The number of nitrogens with zero attached hydrogens (tertiary/aromatic N) is 5. The maximum Gasteiger partial charge on any atom is 0.245 e. The summed E-state index contributed by atoms with van der Waals surface area (Å²) in [5, 5.41) is 4.10. The van der Waals surface area contributed by atoms with Crippen LogP contribution in [0.5, 0.6) is 5.75 Å². The van der Waals surface area contributed by atoms with E-state index in [9.17, 15) is 8.42 Å². The van der Waals surface area contributed by atoms with Gasteiger partial charge in [0.05, 0.1) is 12.6 Å². The monoisotopic (exact) mass is 490 g/mol. The molecule has 0 atom stereocenters. The van der Waals surface area contributed by atoms with Crippen molar-refractivity contribution in [2.75, 3.05) is 43.5 Å². The summed E-state index contributed by atoms with van der Waals surface area (Å²) < 4.78 is 33.6. The van der Waals surface area contributed by atoms with Crippen LogP contribution in [0.2, 0.25) is 0 Å². The number of para-hydroxylation sites is 1. The van der Waals surface area contributed by atoms with Crippen LogP contribution in [-0.2, 0) is 10.0 Å². The highest BCUT2D eigenvalue weighted by atomic mass is 32.2. The van der Waals surface area contributed by atoms with Crippen molar-refractivity contribution in [1.82, 2.24) is 19.3 Å². The highest BCUT2D eigenvalue weighted by Gasteiger charge is 2.31. The van der Waals surface area contributed by atoms with Crippen molar-refractivity contribution in [2.45, 2.75) is 11.8 Å². The molecule has 0 aliphatic carbocycles. The predicted molar refractivity (Wildman–Crippen MR) is 136 cm³/mol. The van der Waals surface area contributed by atoms with Crippen LogP contribution in [0.15, 0.2) is 71.8 Å². The Morgan fingerprint density at radius 1 is 0.943 bits per heavy atom. The van der Waals surface area contributed by atoms with Gasteiger partial charge in [0.1, 0.15) is 16.5 Å². The molecule has 180 valence electrons. The maximum absolute atomic E-state index is 13.4. The predicted octanol–water partition coefficient (Wildman–Crippen LogP) is 3.60. The quantitative estimate of drug-likeness (QED) is 0.438. The first-order valence-corrected chi connectivity index (χ1v) is 12.7. The molecule has 10 heteroatoms. The average Bonchev–Trinajstić information content (AvgIpc) is 2.88. The number of anilines is 3.